The normalized spacial score (nSPS) is 11.3. The molecule has 0 saturated carbocycles. The maximum Gasteiger partial charge on any atom is 0.136 e. The summed E-state index contributed by atoms with van der Waals surface area (Å²) in [6, 6.07) is 66.9. The van der Waals surface area contributed by atoms with Crippen LogP contribution in [0.25, 0.3) is 66.1 Å². The van der Waals surface area contributed by atoms with Crippen LogP contribution in [0.4, 0.5) is 17.1 Å². The molecule has 0 spiro atoms. The molecule has 1 heterocycles. The molecule has 0 aliphatic rings. The molecule has 0 unspecified atom stereocenters. The summed E-state index contributed by atoms with van der Waals surface area (Å²) in [6.45, 7) is 0. The Morgan fingerprint density at radius 1 is 0.312 bits per heavy atom. The Balaban J connectivity index is 1.28. The summed E-state index contributed by atoms with van der Waals surface area (Å²) in [4.78, 5) is 2.37. The summed E-state index contributed by atoms with van der Waals surface area (Å²) in [5.74, 6) is 0. The molecule has 2 heteroatoms. The van der Waals surface area contributed by atoms with Gasteiger partial charge in [-0.15, -0.1) is 0 Å². The van der Waals surface area contributed by atoms with E-state index >= 15 is 0 Å². The van der Waals surface area contributed by atoms with E-state index in [9.17, 15) is 0 Å². The highest BCUT2D eigenvalue weighted by Crippen LogP contribution is 2.44. The lowest BCUT2D eigenvalue weighted by molar-refractivity contribution is 0.669. The molecule has 0 amide bonds. The van der Waals surface area contributed by atoms with Gasteiger partial charge in [-0.1, -0.05) is 140 Å². The largest absolute Gasteiger partial charge is 0.456 e. The second-order valence-electron chi connectivity index (χ2n) is 12.2. The van der Waals surface area contributed by atoms with Gasteiger partial charge in [0.2, 0.25) is 0 Å². The number of hydrogen-bond acceptors (Lipinski definition) is 2. The fourth-order valence-electron chi connectivity index (χ4n) is 6.96. The molecular formula is C46H31NO. The van der Waals surface area contributed by atoms with E-state index in [0.29, 0.717) is 0 Å². The van der Waals surface area contributed by atoms with E-state index in [2.05, 4.69) is 187 Å². The van der Waals surface area contributed by atoms with Crippen molar-refractivity contribution in [3.8, 4) is 33.4 Å². The van der Waals surface area contributed by atoms with E-state index in [-0.39, 0.29) is 0 Å². The molecule has 0 aliphatic carbocycles. The zero-order valence-electron chi connectivity index (χ0n) is 26.3. The number of benzene rings is 8. The second kappa shape index (κ2) is 11.8. The van der Waals surface area contributed by atoms with E-state index in [1.165, 1.54) is 33.0 Å². The van der Waals surface area contributed by atoms with Gasteiger partial charge < -0.3 is 9.32 Å². The second-order valence-corrected chi connectivity index (χ2v) is 12.2. The Morgan fingerprint density at radius 3 is 1.60 bits per heavy atom. The molecule has 1 aromatic heterocycles. The monoisotopic (exact) mass is 613 g/mol. The fourth-order valence-corrected chi connectivity index (χ4v) is 6.96. The van der Waals surface area contributed by atoms with Crippen LogP contribution in [0, 0.1) is 0 Å². The van der Waals surface area contributed by atoms with Crippen molar-refractivity contribution < 1.29 is 4.42 Å². The van der Waals surface area contributed by atoms with Crippen LogP contribution in [0.15, 0.2) is 192 Å². The first-order chi connectivity index (χ1) is 23.8. The Morgan fingerprint density at radius 2 is 0.875 bits per heavy atom. The van der Waals surface area contributed by atoms with Crippen LogP contribution in [0.3, 0.4) is 0 Å². The van der Waals surface area contributed by atoms with Crippen molar-refractivity contribution in [3.63, 3.8) is 0 Å². The lowest BCUT2D eigenvalue weighted by Gasteiger charge is -2.27. The van der Waals surface area contributed by atoms with Crippen LogP contribution >= 0.6 is 0 Å². The van der Waals surface area contributed by atoms with Crippen molar-refractivity contribution in [3.05, 3.63) is 188 Å². The van der Waals surface area contributed by atoms with E-state index in [1.807, 2.05) is 6.07 Å². The predicted octanol–water partition coefficient (Wildman–Crippen LogP) is 13.2. The molecule has 48 heavy (non-hydrogen) atoms. The molecule has 2 nitrogen and oxygen atoms in total. The maximum absolute atomic E-state index is 6.43. The van der Waals surface area contributed by atoms with Crippen LogP contribution in [0.5, 0.6) is 0 Å². The maximum atomic E-state index is 6.43. The molecule has 0 saturated heterocycles. The van der Waals surface area contributed by atoms with Gasteiger partial charge in [-0.3, -0.25) is 0 Å². The first-order valence-corrected chi connectivity index (χ1v) is 16.3. The van der Waals surface area contributed by atoms with Crippen molar-refractivity contribution in [2.24, 2.45) is 0 Å². The molecule has 9 rings (SSSR count). The predicted molar refractivity (Wildman–Crippen MR) is 202 cm³/mol. The van der Waals surface area contributed by atoms with Crippen molar-refractivity contribution >= 4 is 49.8 Å². The average Bonchev–Trinajstić information content (AvgIpc) is 3.55. The van der Waals surface area contributed by atoms with Gasteiger partial charge in [-0.2, -0.15) is 0 Å². The van der Waals surface area contributed by atoms with Crippen molar-refractivity contribution in [2.75, 3.05) is 4.90 Å². The average molecular weight is 614 g/mol. The van der Waals surface area contributed by atoms with Gasteiger partial charge in [-0.05, 0) is 92.7 Å². The number of para-hydroxylation sites is 1. The molecule has 8 aromatic carbocycles. The lowest BCUT2D eigenvalue weighted by Crippen LogP contribution is -2.10. The van der Waals surface area contributed by atoms with Crippen molar-refractivity contribution in [1.29, 1.82) is 0 Å². The Hall–Kier alpha value is -6.38. The topological polar surface area (TPSA) is 16.4 Å². The molecule has 9 aromatic rings. The first kappa shape index (κ1) is 27.9. The van der Waals surface area contributed by atoms with Crippen molar-refractivity contribution in [1.82, 2.24) is 0 Å². The minimum Gasteiger partial charge on any atom is -0.456 e. The smallest absolute Gasteiger partial charge is 0.136 e. The summed E-state index contributed by atoms with van der Waals surface area (Å²) in [6.07, 6.45) is 0. The van der Waals surface area contributed by atoms with Gasteiger partial charge in [0.15, 0.2) is 0 Å². The number of hydrogen-bond donors (Lipinski definition) is 0. The summed E-state index contributed by atoms with van der Waals surface area (Å²) in [5, 5.41) is 4.64. The highest BCUT2D eigenvalue weighted by Gasteiger charge is 2.19. The van der Waals surface area contributed by atoms with Gasteiger partial charge >= 0.3 is 0 Å². The van der Waals surface area contributed by atoms with Crippen molar-refractivity contribution in [2.45, 2.75) is 0 Å². The van der Waals surface area contributed by atoms with Gasteiger partial charge in [0.25, 0.3) is 0 Å². The summed E-state index contributed by atoms with van der Waals surface area (Å²) >= 11 is 0. The van der Waals surface area contributed by atoms with E-state index in [1.54, 1.807) is 0 Å². The number of nitrogens with zero attached hydrogens (tertiary/aromatic N) is 1. The van der Waals surface area contributed by atoms with E-state index in [0.717, 1.165) is 50.1 Å². The number of fused-ring (bicyclic) bond motifs is 5. The molecule has 226 valence electrons. The van der Waals surface area contributed by atoms with Crippen LogP contribution in [-0.2, 0) is 0 Å². The van der Waals surface area contributed by atoms with Gasteiger partial charge in [0.1, 0.15) is 11.2 Å². The molecule has 0 radical (unpaired) electrons. The quantitative estimate of drug-likeness (QED) is 0.185. The number of rotatable bonds is 6. The third kappa shape index (κ3) is 4.92. The Kier molecular flexibility index (Phi) is 6.84. The summed E-state index contributed by atoms with van der Waals surface area (Å²) in [7, 11) is 0. The van der Waals surface area contributed by atoms with E-state index < -0.39 is 0 Å². The Labute approximate surface area is 279 Å². The Bertz CT molecular complexity index is 2530. The summed E-state index contributed by atoms with van der Waals surface area (Å²) in [5.41, 5.74) is 12.2. The minimum absolute atomic E-state index is 0.902. The molecule has 0 bridgehead atoms. The summed E-state index contributed by atoms with van der Waals surface area (Å²) < 4.78 is 6.43. The van der Waals surface area contributed by atoms with Crippen LogP contribution in [-0.4, -0.2) is 0 Å². The van der Waals surface area contributed by atoms with E-state index in [4.69, 9.17) is 4.42 Å². The molecule has 0 aliphatic heterocycles. The van der Waals surface area contributed by atoms with Gasteiger partial charge in [0, 0.05) is 27.8 Å². The highest BCUT2D eigenvalue weighted by atomic mass is 16.3. The lowest BCUT2D eigenvalue weighted by atomic mass is 9.94. The molecule has 0 atom stereocenters. The zero-order chi connectivity index (χ0) is 31.9. The van der Waals surface area contributed by atoms with Crippen LogP contribution in [0.1, 0.15) is 0 Å². The third-order valence-corrected chi connectivity index (χ3v) is 9.25. The molecule has 0 fully saturated rings. The van der Waals surface area contributed by atoms with Crippen LogP contribution < -0.4 is 4.90 Å². The van der Waals surface area contributed by atoms with Gasteiger partial charge in [-0.25, -0.2) is 0 Å². The minimum atomic E-state index is 0.902. The molecular weight excluding hydrogens is 583 g/mol. The number of furan rings is 1. The standard InChI is InChI=1S/C46H31NO/c1-4-13-32(14-5-1)34-23-25-37(26-24-34)47(38-20-12-19-36(29-38)33-15-6-2-7-16-33)39-27-28-40-43(30-39)42(35-17-8-3-9-18-35)31-45-46(40)41-21-10-11-22-44(41)48-45/h1-31H. The zero-order valence-corrected chi connectivity index (χ0v) is 26.3. The van der Waals surface area contributed by atoms with Crippen LogP contribution in [0.2, 0.25) is 0 Å². The SMILES string of the molecule is c1ccc(-c2ccc(N(c3cccc(-c4ccccc4)c3)c3ccc4c(c3)c(-c3ccccc3)cc3oc5ccccc5c34)cc2)cc1. The highest BCUT2D eigenvalue weighted by molar-refractivity contribution is 6.22. The first-order valence-electron chi connectivity index (χ1n) is 16.3. The fraction of sp³-hybridized carbons (Fsp3) is 0. The number of anilines is 3. The molecule has 0 N–H and O–H groups in total. The van der Waals surface area contributed by atoms with Gasteiger partial charge in [0.05, 0.1) is 0 Å². The third-order valence-electron chi connectivity index (χ3n) is 9.25.